The molecule has 5 heteroatoms. The van der Waals surface area contributed by atoms with Crippen molar-refractivity contribution >= 4 is 18.6 Å². The number of rotatable bonds is 6. The molecular formula is C26H25O4P. The van der Waals surface area contributed by atoms with E-state index in [1.165, 1.54) is 0 Å². The van der Waals surface area contributed by atoms with E-state index in [9.17, 15) is 4.57 Å². The molecule has 31 heavy (non-hydrogen) atoms. The zero-order valence-electron chi connectivity index (χ0n) is 18.1. The molecule has 4 aromatic carbocycles. The van der Waals surface area contributed by atoms with Gasteiger partial charge in [0.1, 0.15) is 17.2 Å². The second-order valence-electron chi connectivity index (χ2n) is 7.63. The molecule has 0 radical (unpaired) electrons. The standard InChI is InChI=1S/C26H25O4P/c1-18-9-7-13-25(20(18)3)29-31(27,30-26-14-8-10-19(2)21(26)4)28-24-16-15-22-11-5-6-12-23(22)17-24/h5-17H,1-4H3. The van der Waals surface area contributed by atoms with E-state index in [-0.39, 0.29) is 0 Å². The molecule has 0 aromatic heterocycles. The maximum Gasteiger partial charge on any atom is 0.647 e. The van der Waals surface area contributed by atoms with Gasteiger partial charge in [0.15, 0.2) is 0 Å². The zero-order chi connectivity index (χ0) is 22.0. The Morgan fingerprint density at radius 3 is 1.71 bits per heavy atom. The van der Waals surface area contributed by atoms with Gasteiger partial charge in [0.2, 0.25) is 0 Å². The lowest BCUT2D eigenvalue weighted by Gasteiger charge is -2.22. The molecule has 4 aromatic rings. The molecule has 0 fully saturated rings. The number of hydrogen-bond donors (Lipinski definition) is 0. The summed E-state index contributed by atoms with van der Waals surface area (Å²) in [6.07, 6.45) is 0. The summed E-state index contributed by atoms with van der Waals surface area (Å²) in [5.41, 5.74) is 3.83. The third kappa shape index (κ3) is 4.60. The van der Waals surface area contributed by atoms with Crippen LogP contribution in [0.5, 0.6) is 17.2 Å². The monoisotopic (exact) mass is 432 g/mol. The van der Waals surface area contributed by atoms with Gasteiger partial charge < -0.3 is 13.6 Å². The van der Waals surface area contributed by atoms with Gasteiger partial charge in [0, 0.05) is 0 Å². The van der Waals surface area contributed by atoms with Crippen molar-refractivity contribution < 1.29 is 18.1 Å². The normalized spacial score (nSPS) is 11.4. The van der Waals surface area contributed by atoms with Gasteiger partial charge in [-0.1, -0.05) is 54.6 Å². The Morgan fingerprint density at radius 1 is 0.581 bits per heavy atom. The number of benzene rings is 4. The maximum atomic E-state index is 13.9. The second-order valence-corrected chi connectivity index (χ2v) is 9.07. The molecule has 0 bridgehead atoms. The van der Waals surface area contributed by atoms with E-state index in [4.69, 9.17) is 13.6 Å². The third-order valence-corrected chi connectivity index (χ3v) is 6.74. The van der Waals surface area contributed by atoms with Gasteiger partial charge in [0.25, 0.3) is 0 Å². The minimum Gasteiger partial charge on any atom is -0.386 e. The molecule has 0 atom stereocenters. The van der Waals surface area contributed by atoms with Crippen molar-refractivity contribution in [2.24, 2.45) is 0 Å². The average molecular weight is 432 g/mol. The van der Waals surface area contributed by atoms with Gasteiger partial charge in [-0.05, 0) is 85.0 Å². The first-order valence-corrected chi connectivity index (χ1v) is 11.6. The minimum atomic E-state index is -4.06. The Bertz CT molecular complexity index is 1240. The number of aryl methyl sites for hydroxylation is 2. The van der Waals surface area contributed by atoms with Crippen molar-refractivity contribution in [1.82, 2.24) is 0 Å². The number of fused-ring (bicyclic) bond motifs is 1. The van der Waals surface area contributed by atoms with E-state index in [1.807, 2.05) is 88.4 Å². The minimum absolute atomic E-state index is 0.414. The highest BCUT2D eigenvalue weighted by Gasteiger charge is 2.34. The summed E-state index contributed by atoms with van der Waals surface area (Å²) in [5, 5.41) is 2.04. The van der Waals surface area contributed by atoms with Gasteiger partial charge in [-0.15, -0.1) is 0 Å². The molecule has 158 valence electrons. The lowest BCUT2D eigenvalue weighted by atomic mass is 10.1. The predicted molar refractivity (Wildman–Crippen MR) is 125 cm³/mol. The molecule has 4 rings (SSSR count). The first-order chi connectivity index (χ1) is 14.8. The van der Waals surface area contributed by atoms with Crippen molar-refractivity contribution in [1.29, 1.82) is 0 Å². The predicted octanol–water partition coefficient (Wildman–Crippen LogP) is 7.72. The van der Waals surface area contributed by atoms with Crippen LogP contribution in [-0.2, 0) is 4.57 Å². The molecule has 4 nitrogen and oxygen atoms in total. The topological polar surface area (TPSA) is 44.8 Å². The van der Waals surface area contributed by atoms with E-state index in [1.54, 1.807) is 18.2 Å². The fraction of sp³-hybridized carbons (Fsp3) is 0.154. The van der Waals surface area contributed by atoms with Crippen molar-refractivity contribution in [2.75, 3.05) is 0 Å². The smallest absolute Gasteiger partial charge is 0.386 e. The second kappa shape index (κ2) is 8.49. The van der Waals surface area contributed by atoms with E-state index < -0.39 is 7.82 Å². The lowest BCUT2D eigenvalue weighted by Crippen LogP contribution is -2.09. The lowest BCUT2D eigenvalue weighted by molar-refractivity contribution is 0.297. The van der Waals surface area contributed by atoms with Crippen LogP contribution in [0.1, 0.15) is 22.3 Å². The van der Waals surface area contributed by atoms with Crippen LogP contribution in [-0.4, -0.2) is 0 Å². The van der Waals surface area contributed by atoms with Crippen LogP contribution < -0.4 is 13.6 Å². The van der Waals surface area contributed by atoms with Crippen LogP contribution in [0.15, 0.2) is 78.9 Å². The highest BCUT2D eigenvalue weighted by Crippen LogP contribution is 2.51. The van der Waals surface area contributed by atoms with Crippen molar-refractivity contribution in [2.45, 2.75) is 27.7 Å². The van der Waals surface area contributed by atoms with E-state index in [0.717, 1.165) is 33.0 Å². The fourth-order valence-electron chi connectivity index (χ4n) is 3.30. The molecule has 0 N–H and O–H groups in total. The van der Waals surface area contributed by atoms with Crippen molar-refractivity contribution in [3.05, 3.63) is 101 Å². The summed E-state index contributed by atoms with van der Waals surface area (Å²) in [6.45, 7) is 7.79. The summed E-state index contributed by atoms with van der Waals surface area (Å²) in [4.78, 5) is 0. The quantitative estimate of drug-likeness (QED) is 0.293. The summed E-state index contributed by atoms with van der Waals surface area (Å²) < 4.78 is 31.7. The highest BCUT2D eigenvalue weighted by molar-refractivity contribution is 7.49. The van der Waals surface area contributed by atoms with Crippen LogP contribution in [0.4, 0.5) is 0 Å². The van der Waals surface area contributed by atoms with E-state index >= 15 is 0 Å². The summed E-state index contributed by atoms with van der Waals surface area (Å²) in [5.74, 6) is 1.35. The SMILES string of the molecule is Cc1cccc(OP(=O)(Oc2ccc3ccccc3c2)Oc2cccc(C)c2C)c1C. The summed E-state index contributed by atoms with van der Waals surface area (Å²) >= 11 is 0. The number of phosphoric acid groups is 1. The Hall–Kier alpha value is -3.23. The first kappa shape index (κ1) is 21.0. The van der Waals surface area contributed by atoms with E-state index in [2.05, 4.69) is 0 Å². The molecule has 0 heterocycles. The largest absolute Gasteiger partial charge is 0.647 e. The summed E-state index contributed by atoms with van der Waals surface area (Å²) in [7, 11) is -4.06. The highest BCUT2D eigenvalue weighted by atomic mass is 31.2. The van der Waals surface area contributed by atoms with Gasteiger partial charge >= 0.3 is 7.82 Å². The molecular weight excluding hydrogens is 407 g/mol. The Balaban J connectivity index is 1.74. The van der Waals surface area contributed by atoms with Crippen LogP contribution in [0, 0.1) is 27.7 Å². The summed E-state index contributed by atoms with van der Waals surface area (Å²) in [6, 6.07) is 24.6. The third-order valence-electron chi connectivity index (χ3n) is 5.47. The number of phosphoric ester groups is 1. The van der Waals surface area contributed by atoms with Crippen LogP contribution in [0.25, 0.3) is 10.8 Å². The molecule has 0 amide bonds. The van der Waals surface area contributed by atoms with Gasteiger partial charge in [-0.3, -0.25) is 0 Å². The molecule has 0 aliphatic heterocycles. The van der Waals surface area contributed by atoms with Gasteiger partial charge in [-0.25, -0.2) is 0 Å². The molecule has 0 saturated carbocycles. The Morgan fingerprint density at radius 2 is 1.13 bits per heavy atom. The molecule has 0 aliphatic carbocycles. The van der Waals surface area contributed by atoms with Crippen LogP contribution in [0.2, 0.25) is 0 Å². The molecule has 0 spiro atoms. The number of hydrogen-bond acceptors (Lipinski definition) is 4. The fourth-order valence-corrected chi connectivity index (χ4v) is 4.66. The van der Waals surface area contributed by atoms with Gasteiger partial charge in [-0.2, -0.15) is 4.57 Å². The van der Waals surface area contributed by atoms with E-state index in [0.29, 0.717) is 17.2 Å². The Labute approximate surface area is 183 Å². The molecule has 0 unspecified atom stereocenters. The molecule has 0 aliphatic rings. The van der Waals surface area contributed by atoms with Crippen LogP contribution in [0.3, 0.4) is 0 Å². The van der Waals surface area contributed by atoms with Gasteiger partial charge in [0.05, 0.1) is 0 Å². The van der Waals surface area contributed by atoms with Crippen molar-refractivity contribution in [3.63, 3.8) is 0 Å². The van der Waals surface area contributed by atoms with Crippen LogP contribution >= 0.6 is 7.82 Å². The first-order valence-electron chi connectivity index (χ1n) is 10.1. The zero-order valence-corrected chi connectivity index (χ0v) is 19.0. The molecule has 0 saturated heterocycles. The average Bonchev–Trinajstić information content (AvgIpc) is 2.75. The maximum absolute atomic E-state index is 13.9. The Kier molecular flexibility index (Phi) is 5.75. The van der Waals surface area contributed by atoms with Crippen molar-refractivity contribution in [3.8, 4) is 17.2 Å².